The van der Waals surface area contributed by atoms with Gasteiger partial charge in [0.05, 0.1) is 5.57 Å². The van der Waals surface area contributed by atoms with Gasteiger partial charge in [0.1, 0.15) is 0 Å². The van der Waals surface area contributed by atoms with Gasteiger partial charge in [0.25, 0.3) is 0 Å². The van der Waals surface area contributed by atoms with E-state index in [0.29, 0.717) is 12.1 Å². The van der Waals surface area contributed by atoms with E-state index in [9.17, 15) is 4.79 Å². The van der Waals surface area contributed by atoms with E-state index in [1.165, 1.54) is 5.56 Å². The molecular weight excluding hydrogens is 226 g/mol. The van der Waals surface area contributed by atoms with Gasteiger partial charge in [-0.05, 0) is 37.8 Å². The van der Waals surface area contributed by atoms with Crippen LogP contribution in [0.5, 0.6) is 0 Å². The molecule has 0 amide bonds. The van der Waals surface area contributed by atoms with E-state index in [-0.39, 0.29) is 0 Å². The lowest BCUT2D eigenvalue weighted by Crippen LogP contribution is -2.28. The number of aryl methyl sites for hydroxylation is 1. The summed E-state index contributed by atoms with van der Waals surface area (Å²) >= 11 is 0. The van der Waals surface area contributed by atoms with Gasteiger partial charge in [0.15, 0.2) is 0 Å². The summed E-state index contributed by atoms with van der Waals surface area (Å²) in [5, 5.41) is 12.2. The van der Waals surface area contributed by atoms with Crippen molar-refractivity contribution < 1.29 is 9.90 Å². The summed E-state index contributed by atoms with van der Waals surface area (Å²) < 4.78 is 0. The molecule has 1 heterocycles. The Hall–Kier alpha value is -1.61. The molecular formula is C15H19NO2. The van der Waals surface area contributed by atoms with E-state index in [1.54, 1.807) is 0 Å². The van der Waals surface area contributed by atoms with Crippen LogP contribution in [0.15, 0.2) is 41.5 Å². The fourth-order valence-corrected chi connectivity index (χ4v) is 2.38. The lowest BCUT2D eigenvalue weighted by atomic mass is 9.95. The highest BCUT2D eigenvalue weighted by Gasteiger charge is 2.17. The average molecular weight is 245 g/mol. The van der Waals surface area contributed by atoms with Gasteiger partial charge in [-0.2, -0.15) is 0 Å². The average Bonchev–Trinajstić information content (AvgIpc) is 2.40. The van der Waals surface area contributed by atoms with Gasteiger partial charge < -0.3 is 10.4 Å². The minimum Gasteiger partial charge on any atom is -0.478 e. The molecule has 1 aliphatic heterocycles. The molecule has 1 aromatic rings. The monoisotopic (exact) mass is 245 g/mol. The lowest BCUT2D eigenvalue weighted by molar-refractivity contribution is -0.132. The van der Waals surface area contributed by atoms with Gasteiger partial charge in [0, 0.05) is 6.54 Å². The fourth-order valence-electron chi connectivity index (χ4n) is 2.38. The van der Waals surface area contributed by atoms with Gasteiger partial charge in [0.2, 0.25) is 0 Å². The second kappa shape index (κ2) is 6.36. The van der Waals surface area contributed by atoms with Crippen LogP contribution in [0.25, 0.3) is 0 Å². The minimum absolute atomic E-state index is 0.510. The molecule has 0 saturated heterocycles. The fraction of sp³-hybridized carbons (Fsp3) is 0.400. The van der Waals surface area contributed by atoms with Crippen molar-refractivity contribution >= 4 is 5.97 Å². The SMILES string of the molecule is O=C(O)C1=C(CCCc2ccccc2)CCNC1. The zero-order chi connectivity index (χ0) is 12.8. The summed E-state index contributed by atoms with van der Waals surface area (Å²) in [5.41, 5.74) is 3.02. The van der Waals surface area contributed by atoms with Crippen LogP contribution in [-0.2, 0) is 11.2 Å². The first-order valence-electron chi connectivity index (χ1n) is 6.46. The Morgan fingerprint density at radius 2 is 2.00 bits per heavy atom. The standard InChI is InChI=1S/C15H19NO2/c17-15(18)14-11-16-10-9-13(14)8-4-7-12-5-2-1-3-6-12/h1-3,5-6,16H,4,7-11H2,(H,17,18). The molecule has 0 saturated carbocycles. The summed E-state index contributed by atoms with van der Waals surface area (Å²) in [6.45, 7) is 1.41. The Bertz CT molecular complexity index is 437. The first kappa shape index (κ1) is 12.8. The Morgan fingerprint density at radius 1 is 1.22 bits per heavy atom. The third kappa shape index (κ3) is 3.44. The Kier molecular flexibility index (Phi) is 4.53. The zero-order valence-electron chi connectivity index (χ0n) is 10.5. The summed E-state index contributed by atoms with van der Waals surface area (Å²) in [5.74, 6) is -0.767. The van der Waals surface area contributed by atoms with E-state index in [1.807, 2.05) is 18.2 Å². The molecule has 0 atom stereocenters. The van der Waals surface area contributed by atoms with Crippen LogP contribution in [0.3, 0.4) is 0 Å². The quantitative estimate of drug-likeness (QED) is 0.837. The maximum Gasteiger partial charge on any atom is 0.332 e. The molecule has 0 aliphatic carbocycles. The van der Waals surface area contributed by atoms with Crippen LogP contribution in [0.4, 0.5) is 0 Å². The van der Waals surface area contributed by atoms with Crippen LogP contribution < -0.4 is 5.32 Å². The minimum atomic E-state index is -0.767. The van der Waals surface area contributed by atoms with Crippen molar-refractivity contribution in [2.45, 2.75) is 25.7 Å². The molecule has 0 radical (unpaired) electrons. The number of benzene rings is 1. The number of rotatable bonds is 5. The van der Waals surface area contributed by atoms with Crippen LogP contribution in [-0.4, -0.2) is 24.2 Å². The number of carbonyl (C=O) groups is 1. The van der Waals surface area contributed by atoms with E-state index in [0.717, 1.165) is 37.8 Å². The molecule has 3 heteroatoms. The van der Waals surface area contributed by atoms with Crippen molar-refractivity contribution in [3.05, 3.63) is 47.0 Å². The third-order valence-corrected chi connectivity index (χ3v) is 3.38. The Balaban J connectivity index is 1.90. The van der Waals surface area contributed by atoms with Crippen LogP contribution in [0.1, 0.15) is 24.8 Å². The molecule has 18 heavy (non-hydrogen) atoms. The Labute approximate surface area is 108 Å². The number of carboxylic acids is 1. The molecule has 0 bridgehead atoms. The number of hydrogen-bond donors (Lipinski definition) is 2. The van der Waals surface area contributed by atoms with Gasteiger partial charge in [-0.15, -0.1) is 0 Å². The van der Waals surface area contributed by atoms with Crippen molar-refractivity contribution in [3.63, 3.8) is 0 Å². The zero-order valence-corrected chi connectivity index (χ0v) is 10.5. The summed E-state index contributed by atoms with van der Waals surface area (Å²) in [6.07, 6.45) is 3.81. The maximum absolute atomic E-state index is 11.1. The molecule has 3 nitrogen and oxygen atoms in total. The van der Waals surface area contributed by atoms with Gasteiger partial charge in [-0.3, -0.25) is 0 Å². The van der Waals surface area contributed by atoms with Crippen LogP contribution >= 0.6 is 0 Å². The lowest BCUT2D eigenvalue weighted by Gasteiger charge is -2.18. The first-order chi connectivity index (χ1) is 8.77. The maximum atomic E-state index is 11.1. The van der Waals surface area contributed by atoms with Crippen molar-refractivity contribution in [1.29, 1.82) is 0 Å². The van der Waals surface area contributed by atoms with Crippen molar-refractivity contribution in [2.75, 3.05) is 13.1 Å². The molecule has 1 aromatic carbocycles. The molecule has 0 spiro atoms. The highest BCUT2D eigenvalue weighted by Crippen LogP contribution is 2.19. The number of hydrogen-bond acceptors (Lipinski definition) is 2. The second-order valence-electron chi connectivity index (χ2n) is 4.65. The molecule has 0 unspecified atom stereocenters. The van der Waals surface area contributed by atoms with E-state index in [4.69, 9.17) is 5.11 Å². The summed E-state index contributed by atoms with van der Waals surface area (Å²) in [7, 11) is 0. The topological polar surface area (TPSA) is 49.3 Å². The second-order valence-corrected chi connectivity index (χ2v) is 4.65. The molecule has 96 valence electrons. The number of carboxylic acid groups (broad SMARTS) is 1. The van der Waals surface area contributed by atoms with Crippen molar-refractivity contribution in [1.82, 2.24) is 5.32 Å². The molecule has 0 fully saturated rings. The van der Waals surface area contributed by atoms with Crippen molar-refractivity contribution in [2.24, 2.45) is 0 Å². The van der Waals surface area contributed by atoms with Gasteiger partial charge in [-0.25, -0.2) is 4.79 Å². The van der Waals surface area contributed by atoms with Gasteiger partial charge >= 0.3 is 5.97 Å². The van der Waals surface area contributed by atoms with E-state index in [2.05, 4.69) is 17.4 Å². The summed E-state index contributed by atoms with van der Waals surface area (Å²) in [4.78, 5) is 11.1. The van der Waals surface area contributed by atoms with Crippen LogP contribution in [0, 0.1) is 0 Å². The predicted molar refractivity (Wildman–Crippen MR) is 71.5 cm³/mol. The smallest absolute Gasteiger partial charge is 0.332 e. The Morgan fingerprint density at radius 3 is 2.72 bits per heavy atom. The third-order valence-electron chi connectivity index (χ3n) is 3.38. The molecule has 2 N–H and O–H groups in total. The summed E-state index contributed by atoms with van der Waals surface area (Å²) in [6, 6.07) is 10.3. The largest absolute Gasteiger partial charge is 0.478 e. The highest BCUT2D eigenvalue weighted by molar-refractivity contribution is 5.88. The van der Waals surface area contributed by atoms with Crippen LogP contribution in [0.2, 0.25) is 0 Å². The van der Waals surface area contributed by atoms with Crippen molar-refractivity contribution in [3.8, 4) is 0 Å². The highest BCUT2D eigenvalue weighted by atomic mass is 16.4. The molecule has 0 aromatic heterocycles. The first-order valence-corrected chi connectivity index (χ1v) is 6.46. The number of nitrogens with one attached hydrogen (secondary N) is 1. The normalized spacial score (nSPS) is 15.8. The number of aliphatic carboxylic acids is 1. The predicted octanol–water partition coefficient (Wildman–Crippen LogP) is 2.38. The van der Waals surface area contributed by atoms with E-state index >= 15 is 0 Å². The molecule has 1 aliphatic rings. The van der Waals surface area contributed by atoms with E-state index < -0.39 is 5.97 Å². The molecule has 2 rings (SSSR count). The van der Waals surface area contributed by atoms with Gasteiger partial charge in [-0.1, -0.05) is 35.9 Å².